The average Bonchev–Trinajstić information content (AvgIpc) is 2.73. The van der Waals surface area contributed by atoms with Gasteiger partial charge in [0.25, 0.3) is 0 Å². The predicted octanol–water partition coefficient (Wildman–Crippen LogP) is 6.54. The summed E-state index contributed by atoms with van der Waals surface area (Å²) in [6.45, 7) is 0. The highest BCUT2D eigenvalue weighted by molar-refractivity contribution is 6.30. The maximum absolute atomic E-state index is 12.8. The van der Waals surface area contributed by atoms with Gasteiger partial charge in [0.05, 0.1) is 28.3 Å². The molecule has 3 nitrogen and oxygen atoms in total. The third-order valence-corrected chi connectivity index (χ3v) is 4.54. The molecule has 3 aromatic heterocycles. The van der Waals surface area contributed by atoms with E-state index in [9.17, 15) is 13.2 Å². The van der Waals surface area contributed by atoms with Crippen molar-refractivity contribution in [2.75, 3.05) is 0 Å². The molecule has 0 aliphatic carbocycles. The van der Waals surface area contributed by atoms with Gasteiger partial charge in [0.2, 0.25) is 0 Å². The van der Waals surface area contributed by atoms with Crippen molar-refractivity contribution in [2.24, 2.45) is 0 Å². The molecule has 144 valence electrons. The third-order valence-electron chi connectivity index (χ3n) is 4.30. The van der Waals surface area contributed by atoms with Crippen molar-refractivity contribution in [1.82, 2.24) is 15.0 Å². The van der Waals surface area contributed by atoms with Crippen LogP contribution in [0, 0.1) is 0 Å². The smallest absolute Gasteiger partial charge is 0.255 e. The zero-order valence-electron chi connectivity index (χ0n) is 14.9. The summed E-state index contributed by atoms with van der Waals surface area (Å²) in [5.41, 5.74) is 3.24. The Morgan fingerprint density at radius 3 is 1.90 bits per heavy atom. The average molecular weight is 412 g/mol. The first kappa shape index (κ1) is 19.1. The van der Waals surface area contributed by atoms with Crippen LogP contribution in [-0.2, 0) is 6.18 Å². The van der Waals surface area contributed by atoms with Crippen molar-refractivity contribution in [2.45, 2.75) is 6.18 Å². The lowest BCUT2D eigenvalue weighted by atomic mass is 10.0. The van der Waals surface area contributed by atoms with E-state index < -0.39 is 11.7 Å². The lowest BCUT2D eigenvalue weighted by molar-refractivity contribution is -0.137. The number of halogens is 4. The van der Waals surface area contributed by atoms with Crippen LogP contribution < -0.4 is 0 Å². The minimum absolute atomic E-state index is 0.560. The topological polar surface area (TPSA) is 38.7 Å². The number of rotatable bonds is 3. The van der Waals surface area contributed by atoms with Gasteiger partial charge in [-0.2, -0.15) is 13.2 Å². The first-order valence-electron chi connectivity index (χ1n) is 8.63. The highest BCUT2D eigenvalue weighted by atomic mass is 35.5. The highest BCUT2D eigenvalue weighted by Gasteiger charge is 2.29. The van der Waals surface area contributed by atoms with E-state index in [1.54, 1.807) is 36.7 Å². The molecule has 0 atom stereocenters. The van der Waals surface area contributed by atoms with Gasteiger partial charge in [-0.1, -0.05) is 29.8 Å². The molecule has 0 unspecified atom stereocenters. The van der Waals surface area contributed by atoms with Crippen LogP contribution in [0.4, 0.5) is 13.2 Å². The summed E-state index contributed by atoms with van der Waals surface area (Å²) in [6.07, 6.45) is -1.15. The number of alkyl halides is 3. The van der Waals surface area contributed by atoms with E-state index in [-0.39, 0.29) is 0 Å². The van der Waals surface area contributed by atoms with Crippen LogP contribution in [0.25, 0.3) is 33.9 Å². The van der Waals surface area contributed by atoms with Gasteiger partial charge in [-0.25, -0.2) is 4.98 Å². The Hall–Kier alpha value is -3.25. The molecule has 3 heterocycles. The summed E-state index contributed by atoms with van der Waals surface area (Å²) in [6, 6.07) is 17.4. The van der Waals surface area contributed by atoms with Gasteiger partial charge in [-0.3, -0.25) is 9.97 Å². The van der Waals surface area contributed by atoms with Crippen molar-refractivity contribution in [1.29, 1.82) is 0 Å². The fourth-order valence-electron chi connectivity index (χ4n) is 2.87. The lowest BCUT2D eigenvalue weighted by Gasteiger charge is -2.09. The van der Waals surface area contributed by atoms with Gasteiger partial charge >= 0.3 is 6.18 Å². The van der Waals surface area contributed by atoms with Crippen LogP contribution in [0.3, 0.4) is 0 Å². The SMILES string of the molecule is FC(F)(F)c1ccc(-c2ccnc(-c3cccc(-c4cc(Cl)ccn4)n3)c2)cc1. The minimum atomic E-state index is -4.36. The summed E-state index contributed by atoms with van der Waals surface area (Å²) in [5, 5.41) is 0.560. The van der Waals surface area contributed by atoms with Crippen LogP contribution in [-0.4, -0.2) is 15.0 Å². The highest BCUT2D eigenvalue weighted by Crippen LogP contribution is 2.31. The van der Waals surface area contributed by atoms with Crippen molar-refractivity contribution >= 4 is 11.6 Å². The Kier molecular flexibility index (Phi) is 5.03. The number of nitrogens with zero attached hydrogens (tertiary/aromatic N) is 3. The van der Waals surface area contributed by atoms with E-state index in [0.717, 1.165) is 17.7 Å². The number of hydrogen-bond donors (Lipinski definition) is 0. The second-order valence-electron chi connectivity index (χ2n) is 6.27. The predicted molar refractivity (Wildman–Crippen MR) is 106 cm³/mol. The molecule has 0 radical (unpaired) electrons. The molecule has 0 saturated carbocycles. The van der Waals surface area contributed by atoms with Gasteiger partial charge in [0.1, 0.15) is 0 Å². The molecule has 0 saturated heterocycles. The number of benzene rings is 1. The van der Waals surface area contributed by atoms with E-state index in [4.69, 9.17) is 11.6 Å². The summed E-state index contributed by atoms with van der Waals surface area (Å²) >= 11 is 6.03. The molecule has 0 N–H and O–H groups in total. The van der Waals surface area contributed by atoms with Gasteiger partial charge in [-0.15, -0.1) is 0 Å². The van der Waals surface area contributed by atoms with E-state index >= 15 is 0 Å². The molecule has 7 heteroatoms. The monoisotopic (exact) mass is 411 g/mol. The molecule has 0 amide bonds. The number of aromatic nitrogens is 3. The molecule has 0 spiro atoms. The lowest BCUT2D eigenvalue weighted by Crippen LogP contribution is -2.04. The third kappa shape index (κ3) is 4.27. The van der Waals surface area contributed by atoms with Crippen LogP contribution >= 0.6 is 11.6 Å². The molecule has 0 aliphatic heterocycles. The van der Waals surface area contributed by atoms with Crippen molar-refractivity contribution in [3.05, 3.63) is 89.7 Å². The van der Waals surface area contributed by atoms with Crippen LogP contribution in [0.1, 0.15) is 5.56 Å². The Bertz CT molecular complexity index is 1160. The molecule has 1 aromatic carbocycles. The Morgan fingerprint density at radius 2 is 1.28 bits per heavy atom. The molecule has 4 aromatic rings. The first-order chi connectivity index (χ1) is 13.9. The van der Waals surface area contributed by atoms with E-state index in [2.05, 4.69) is 15.0 Å². The van der Waals surface area contributed by atoms with Gasteiger partial charge < -0.3 is 0 Å². The van der Waals surface area contributed by atoms with Crippen molar-refractivity contribution in [3.63, 3.8) is 0 Å². The zero-order valence-corrected chi connectivity index (χ0v) is 15.6. The molecule has 29 heavy (non-hydrogen) atoms. The molecule has 0 fully saturated rings. The Morgan fingerprint density at radius 1 is 0.655 bits per heavy atom. The van der Waals surface area contributed by atoms with E-state index in [0.29, 0.717) is 33.4 Å². The van der Waals surface area contributed by atoms with Crippen LogP contribution in [0.2, 0.25) is 5.02 Å². The summed E-state index contributed by atoms with van der Waals surface area (Å²) in [4.78, 5) is 13.2. The van der Waals surface area contributed by atoms with E-state index in [1.165, 1.54) is 12.1 Å². The molecular weight excluding hydrogens is 399 g/mol. The largest absolute Gasteiger partial charge is 0.416 e. The second kappa shape index (κ2) is 7.64. The molecule has 0 aliphatic rings. The number of hydrogen-bond acceptors (Lipinski definition) is 3. The molecular formula is C22H13ClF3N3. The molecule has 4 rings (SSSR count). The maximum Gasteiger partial charge on any atom is 0.416 e. The zero-order chi connectivity index (χ0) is 20.4. The maximum atomic E-state index is 12.8. The normalized spacial score (nSPS) is 11.4. The summed E-state index contributed by atoms with van der Waals surface area (Å²) in [5.74, 6) is 0. The van der Waals surface area contributed by atoms with Crippen LogP contribution in [0.5, 0.6) is 0 Å². The Balaban J connectivity index is 1.68. The molecule has 0 bridgehead atoms. The quantitative estimate of drug-likeness (QED) is 0.384. The van der Waals surface area contributed by atoms with Gasteiger partial charge in [-0.05, 0) is 59.7 Å². The van der Waals surface area contributed by atoms with Gasteiger partial charge in [0, 0.05) is 17.4 Å². The number of pyridine rings is 3. The first-order valence-corrected chi connectivity index (χ1v) is 9.01. The second-order valence-corrected chi connectivity index (χ2v) is 6.71. The Labute approximate surface area is 169 Å². The standard InChI is InChI=1S/C22H13ClF3N3/c23-17-9-11-28-21(13-17)19-3-1-2-18(29-19)20-12-15(8-10-27-20)14-4-6-16(7-5-14)22(24,25)26/h1-13H. The van der Waals surface area contributed by atoms with Crippen LogP contribution in [0.15, 0.2) is 79.1 Å². The fourth-order valence-corrected chi connectivity index (χ4v) is 3.03. The minimum Gasteiger partial charge on any atom is -0.255 e. The van der Waals surface area contributed by atoms with E-state index in [1.807, 2.05) is 18.2 Å². The van der Waals surface area contributed by atoms with Crippen molar-refractivity contribution < 1.29 is 13.2 Å². The van der Waals surface area contributed by atoms with Gasteiger partial charge in [0.15, 0.2) is 0 Å². The summed E-state index contributed by atoms with van der Waals surface area (Å²) < 4.78 is 38.3. The summed E-state index contributed by atoms with van der Waals surface area (Å²) in [7, 11) is 0. The fraction of sp³-hybridized carbons (Fsp3) is 0.0455. The van der Waals surface area contributed by atoms with Crippen molar-refractivity contribution in [3.8, 4) is 33.9 Å².